The molecule has 36 heavy (non-hydrogen) atoms. The molecule has 1 saturated heterocycles. The van der Waals surface area contributed by atoms with Gasteiger partial charge in [-0.3, -0.25) is 29.4 Å². The number of imide groups is 1. The summed E-state index contributed by atoms with van der Waals surface area (Å²) in [6.07, 6.45) is 0. The summed E-state index contributed by atoms with van der Waals surface area (Å²) in [7, 11) is 1.47. The fraction of sp³-hybridized carbons (Fsp3) is 0.160. The van der Waals surface area contributed by atoms with Crippen LogP contribution in [0.15, 0.2) is 59.1 Å². The number of methoxy groups -OCH3 is 1. The van der Waals surface area contributed by atoms with Crippen LogP contribution in [0.3, 0.4) is 0 Å². The van der Waals surface area contributed by atoms with Crippen molar-refractivity contribution in [1.82, 2.24) is 4.90 Å². The third-order valence-corrected chi connectivity index (χ3v) is 7.31. The van der Waals surface area contributed by atoms with Gasteiger partial charge in [0.15, 0.2) is 0 Å². The second-order valence-corrected chi connectivity index (χ2v) is 9.68. The van der Waals surface area contributed by atoms with Crippen molar-refractivity contribution in [2.24, 2.45) is 0 Å². The third kappa shape index (κ3) is 3.48. The Bertz CT molecular complexity index is 1490. The number of benzene rings is 3. The highest BCUT2D eigenvalue weighted by Crippen LogP contribution is 2.48. The normalized spacial score (nSPS) is 18.8. The molecule has 0 unspecified atom stereocenters. The van der Waals surface area contributed by atoms with Crippen LogP contribution in [0.2, 0.25) is 5.02 Å². The molecule has 11 heteroatoms. The molecule has 9 nitrogen and oxygen atoms in total. The topological polar surface area (TPSA) is 110 Å². The quantitative estimate of drug-likeness (QED) is 0.183. The average Bonchev–Trinajstić information content (AvgIpc) is 3.09. The smallest absolute Gasteiger partial charge is 0.282 e. The van der Waals surface area contributed by atoms with Gasteiger partial charge in [-0.2, -0.15) is 0 Å². The molecule has 0 spiro atoms. The average molecular weight is 571 g/mol. The molecule has 0 bridgehead atoms. The molecule has 2 heterocycles. The Hall–Kier alpha value is -3.76. The standard InChI is InChI=1S/C25H17BrClN3O6/c1-12-6-8-14(11-17(12)27)28-21(16-10-13(26)7-9-19(16)36-2)22(25(28)33)29-23(31)15-4-3-5-18(30(34)35)20(15)24(29)32/h3-11,21-22H,1-2H3/t21-,22+/m1/s1. The van der Waals surface area contributed by atoms with Gasteiger partial charge in [-0.1, -0.05) is 39.7 Å². The number of nitro benzene ring substituents is 1. The Labute approximate surface area is 218 Å². The fourth-order valence-electron chi connectivity index (χ4n) is 4.68. The number of amides is 3. The zero-order valence-corrected chi connectivity index (χ0v) is 21.2. The van der Waals surface area contributed by atoms with E-state index in [1.165, 1.54) is 24.1 Å². The first-order chi connectivity index (χ1) is 17.1. The van der Waals surface area contributed by atoms with E-state index in [4.69, 9.17) is 16.3 Å². The van der Waals surface area contributed by atoms with Crippen LogP contribution in [0.4, 0.5) is 11.4 Å². The molecule has 0 saturated carbocycles. The summed E-state index contributed by atoms with van der Waals surface area (Å²) >= 11 is 9.76. The second kappa shape index (κ2) is 8.72. The molecule has 0 radical (unpaired) electrons. The first-order valence-electron chi connectivity index (χ1n) is 10.7. The lowest BCUT2D eigenvalue weighted by atomic mass is 9.85. The van der Waals surface area contributed by atoms with E-state index < -0.39 is 40.4 Å². The monoisotopic (exact) mass is 569 g/mol. The highest BCUT2D eigenvalue weighted by molar-refractivity contribution is 9.10. The lowest BCUT2D eigenvalue weighted by Crippen LogP contribution is -2.67. The van der Waals surface area contributed by atoms with Crippen molar-refractivity contribution in [2.45, 2.75) is 19.0 Å². The number of fused-ring (bicyclic) bond motifs is 1. The van der Waals surface area contributed by atoms with Gasteiger partial charge >= 0.3 is 0 Å². The van der Waals surface area contributed by atoms with Gasteiger partial charge in [0, 0.05) is 26.8 Å². The lowest BCUT2D eigenvalue weighted by Gasteiger charge is -2.50. The van der Waals surface area contributed by atoms with Crippen LogP contribution < -0.4 is 9.64 Å². The van der Waals surface area contributed by atoms with Crippen LogP contribution in [0.5, 0.6) is 5.75 Å². The highest BCUT2D eigenvalue weighted by atomic mass is 79.9. The number of anilines is 1. The van der Waals surface area contributed by atoms with Crippen molar-refractivity contribution in [3.05, 3.63) is 96.5 Å². The van der Waals surface area contributed by atoms with E-state index >= 15 is 0 Å². The number of carbonyl (C=O) groups is 3. The molecule has 2 aliphatic heterocycles. The maximum atomic E-state index is 13.6. The van der Waals surface area contributed by atoms with Crippen molar-refractivity contribution in [3.63, 3.8) is 0 Å². The van der Waals surface area contributed by atoms with Gasteiger partial charge in [0.1, 0.15) is 17.4 Å². The van der Waals surface area contributed by atoms with Gasteiger partial charge in [-0.15, -0.1) is 0 Å². The largest absolute Gasteiger partial charge is 0.496 e. The van der Waals surface area contributed by atoms with E-state index in [1.807, 2.05) is 6.92 Å². The Kier molecular flexibility index (Phi) is 5.80. The number of rotatable bonds is 5. The molecule has 3 aromatic carbocycles. The summed E-state index contributed by atoms with van der Waals surface area (Å²) in [5, 5.41) is 12.0. The Balaban J connectivity index is 1.66. The first-order valence-corrected chi connectivity index (χ1v) is 11.9. The first kappa shape index (κ1) is 24.0. The number of carbonyl (C=O) groups excluding carboxylic acids is 3. The molecule has 1 fully saturated rings. The Morgan fingerprint density at radius 1 is 1.00 bits per heavy atom. The van der Waals surface area contributed by atoms with Gasteiger partial charge in [-0.05, 0) is 48.9 Å². The van der Waals surface area contributed by atoms with Crippen LogP contribution in [0, 0.1) is 17.0 Å². The molecule has 0 aliphatic carbocycles. The predicted molar refractivity (Wildman–Crippen MR) is 134 cm³/mol. The minimum Gasteiger partial charge on any atom is -0.496 e. The number of nitrogens with zero attached hydrogens (tertiary/aromatic N) is 3. The molecule has 0 N–H and O–H groups in total. The van der Waals surface area contributed by atoms with Crippen molar-refractivity contribution in [1.29, 1.82) is 0 Å². The van der Waals surface area contributed by atoms with Gasteiger partial charge in [0.05, 0.1) is 23.6 Å². The van der Waals surface area contributed by atoms with E-state index in [2.05, 4.69) is 15.9 Å². The van der Waals surface area contributed by atoms with Crippen LogP contribution in [0.25, 0.3) is 0 Å². The molecule has 5 rings (SSSR count). The third-order valence-electron chi connectivity index (χ3n) is 6.41. The van der Waals surface area contributed by atoms with E-state index in [-0.39, 0.29) is 11.1 Å². The molecule has 2 aliphatic rings. The van der Waals surface area contributed by atoms with E-state index in [9.17, 15) is 24.5 Å². The fourth-order valence-corrected chi connectivity index (χ4v) is 5.23. The van der Waals surface area contributed by atoms with Crippen molar-refractivity contribution < 1.29 is 24.0 Å². The summed E-state index contributed by atoms with van der Waals surface area (Å²) in [5.74, 6) is -1.75. The van der Waals surface area contributed by atoms with Crippen molar-refractivity contribution in [2.75, 3.05) is 12.0 Å². The van der Waals surface area contributed by atoms with E-state index in [1.54, 1.807) is 36.4 Å². The zero-order chi connectivity index (χ0) is 25.9. The molecule has 3 aromatic rings. The lowest BCUT2D eigenvalue weighted by molar-refractivity contribution is -0.385. The summed E-state index contributed by atoms with van der Waals surface area (Å²) in [6.45, 7) is 1.83. The minimum absolute atomic E-state index is 0.112. The summed E-state index contributed by atoms with van der Waals surface area (Å²) in [6, 6.07) is 12.1. The molecule has 2 atom stereocenters. The maximum absolute atomic E-state index is 13.6. The molecular weight excluding hydrogens is 554 g/mol. The summed E-state index contributed by atoms with van der Waals surface area (Å²) in [4.78, 5) is 53.5. The van der Waals surface area contributed by atoms with Gasteiger partial charge in [0.25, 0.3) is 23.4 Å². The van der Waals surface area contributed by atoms with E-state index in [0.717, 1.165) is 16.5 Å². The van der Waals surface area contributed by atoms with Gasteiger partial charge < -0.3 is 9.64 Å². The van der Waals surface area contributed by atoms with Gasteiger partial charge in [0.2, 0.25) is 0 Å². The number of nitro groups is 1. The Morgan fingerprint density at radius 3 is 2.42 bits per heavy atom. The zero-order valence-electron chi connectivity index (χ0n) is 18.9. The molecule has 3 amide bonds. The minimum atomic E-state index is -1.25. The van der Waals surface area contributed by atoms with Crippen molar-refractivity contribution in [3.8, 4) is 5.75 Å². The summed E-state index contributed by atoms with van der Waals surface area (Å²) < 4.78 is 6.22. The predicted octanol–water partition coefficient (Wildman–Crippen LogP) is 5.08. The SMILES string of the molecule is COc1ccc(Br)cc1[C@@H]1[C@H](N2C(=O)c3cccc([N+](=O)[O-])c3C2=O)C(=O)N1c1ccc(C)c(Cl)c1. The number of β-lactam (4-membered cyclic amide) rings is 1. The van der Waals surface area contributed by atoms with Crippen LogP contribution >= 0.6 is 27.5 Å². The van der Waals surface area contributed by atoms with E-state index in [0.29, 0.717) is 26.5 Å². The van der Waals surface area contributed by atoms with Crippen LogP contribution in [0.1, 0.15) is 37.9 Å². The van der Waals surface area contributed by atoms with Crippen molar-refractivity contribution >= 4 is 56.6 Å². The number of hydrogen-bond donors (Lipinski definition) is 0. The number of hydrogen-bond acceptors (Lipinski definition) is 6. The number of ether oxygens (including phenoxy) is 1. The molecule has 182 valence electrons. The molecule has 0 aromatic heterocycles. The number of halogens is 2. The molecular formula is C25H17BrClN3O6. The number of aryl methyl sites for hydroxylation is 1. The summed E-state index contributed by atoms with van der Waals surface area (Å²) in [5.41, 5.74) is 0.907. The Morgan fingerprint density at radius 2 is 1.75 bits per heavy atom. The van der Waals surface area contributed by atoms with Crippen LogP contribution in [-0.4, -0.2) is 40.7 Å². The van der Waals surface area contributed by atoms with Gasteiger partial charge in [-0.25, -0.2) is 0 Å². The maximum Gasteiger partial charge on any atom is 0.282 e. The van der Waals surface area contributed by atoms with Crippen LogP contribution in [-0.2, 0) is 4.79 Å². The second-order valence-electron chi connectivity index (χ2n) is 8.35. The highest BCUT2D eigenvalue weighted by Gasteiger charge is 2.59.